The van der Waals surface area contributed by atoms with Crippen LogP contribution in [0.1, 0.15) is 42.5 Å². The molecule has 0 saturated carbocycles. The van der Waals surface area contributed by atoms with E-state index in [2.05, 4.69) is 68.9 Å². The molecule has 0 bridgehead atoms. The number of rotatable bonds is 6. The highest BCUT2D eigenvalue weighted by Crippen LogP contribution is 2.25. The summed E-state index contributed by atoms with van der Waals surface area (Å²) in [6.07, 6.45) is 1.52. The van der Waals surface area contributed by atoms with Crippen molar-refractivity contribution in [3.8, 4) is 6.07 Å². The van der Waals surface area contributed by atoms with E-state index in [1.165, 1.54) is 11.8 Å². The van der Waals surface area contributed by atoms with Gasteiger partial charge in [-0.15, -0.1) is 0 Å². The normalized spacial score (nSPS) is 15.2. The summed E-state index contributed by atoms with van der Waals surface area (Å²) < 4.78 is 0.601. The molecule has 1 aromatic heterocycles. The fourth-order valence-electron chi connectivity index (χ4n) is 3.46. The Labute approximate surface area is 198 Å². The van der Waals surface area contributed by atoms with Crippen LogP contribution in [-0.2, 0) is 6.54 Å². The molecule has 0 atom stereocenters. The molecule has 2 heterocycles. The number of aromatic nitrogens is 2. The first-order valence-corrected chi connectivity index (χ1v) is 11.4. The molecule has 1 aliphatic heterocycles. The fraction of sp³-hybridized carbons (Fsp3) is 0.478. The van der Waals surface area contributed by atoms with Crippen LogP contribution in [0.2, 0.25) is 0 Å². The van der Waals surface area contributed by atoms with Crippen molar-refractivity contribution in [2.24, 2.45) is 5.41 Å². The number of carbonyl (C=O) groups is 1. The molecule has 3 rings (SSSR count). The predicted molar refractivity (Wildman–Crippen MR) is 128 cm³/mol. The number of nitrogens with zero attached hydrogens (tertiary/aromatic N) is 6. The van der Waals surface area contributed by atoms with Crippen LogP contribution in [0.25, 0.3) is 0 Å². The maximum Gasteiger partial charge on any atom is 0.269 e. The van der Waals surface area contributed by atoms with Gasteiger partial charge in [0.2, 0.25) is 5.82 Å². The van der Waals surface area contributed by atoms with Crippen molar-refractivity contribution in [2.75, 3.05) is 44.8 Å². The number of carbonyl (C=O) groups excluding carboxylic acids is 1. The van der Waals surface area contributed by atoms with Crippen LogP contribution < -0.4 is 10.4 Å². The van der Waals surface area contributed by atoms with Crippen molar-refractivity contribution in [3.05, 3.63) is 51.9 Å². The van der Waals surface area contributed by atoms with E-state index < -0.39 is 0 Å². The number of anilines is 1. The van der Waals surface area contributed by atoms with E-state index in [1.54, 1.807) is 5.01 Å². The average Bonchev–Trinajstić information content (AvgIpc) is 2.75. The Kier molecular flexibility index (Phi) is 7.82. The van der Waals surface area contributed by atoms with Crippen molar-refractivity contribution in [2.45, 2.75) is 27.3 Å². The van der Waals surface area contributed by atoms with Crippen LogP contribution in [0.15, 0.2) is 34.9 Å². The Morgan fingerprint density at radius 3 is 2.47 bits per heavy atom. The lowest BCUT2D eigenvalue weighted by atomic mass is 9.97. The third-order valence-corrected chi connectivity index (χ3v) is 5.73. The number of hydrogen-bond donors (Lipinski definition) is 1. The van der Waals surface area contributed by atoms with Gasteiger partial charge in [-0.3, -0.25) is 20.1 Å². The van der Waals surface area contributed by atoms with Crippen LogP contribution in [0.4, 0.5) is 5.82 Å². The first-order chi connectivity index (χ1) is 15.1. The molecule has 170 valence electrons. The summed E-state index contributed by atoms with van der Waals surface area (Å²) >= 11 is 3.44. The molecule has 8 nitrogen and oxygen atoms in total. The first-order valence-electron chi connectivity index (χ1n) is 10.7. The van der Waals surface area contributed by atoms with Gasteiger partial charge >= 0.3 is 0 Å². The van der Waals surface area contributed by atoms with Crippen molar-refractivity contribution in [3.63, 3.8) is 0 Å². The predicted octanol–water partition coefficient (Wildman–Crippen LogP) is 3.06. The Hall–Kier alpha value is -2.54. The molecular formula is C23H30BrN7O. The molecule has 1 aliphatic rings. The lowest BCUT2D eigenvalue weighted by Gasteiger charge is -2.32. The van der Waals surface area contributed by atoms with Crippen LogP contribution in [0, 0.1) is 16.7 Å². The molecule has 0 radical (unpaired) electrons. The van der Waals surface area contributed by atoms with Crippen LogP contribution in [0.3, 0.4) is 0 Å². The number of halogens is 1. The van der Waals surface area contributed by atoms with Crippen LogP contribution in [-0.4, -0.2) is 65.4 Å². The number of likely N-dealkylation sites (N-methyl/N-ethyl adjacent to an activating group) is 1. The average molecular weight is 500 g/mol. The van der Waals surface area contributed by atoms with E-state index >= 15 is 0 Å². The topological polar surface area (TPSA) is 88.4 Å². The SMILES string of the molecule is CN1CCN(Cc2ccc(C(=O)NN(CC(C)(C)C)c3nc(C#N)ncc3Br)cc2)CC1. The van der Waals surface area contributed by atoms with Gasteiger partial charge in [0.05, 0.1) is 4.47 Å². The largest absolute Gasteiger partial charge is 0.304 e. The summed E-state index contributed by atoms with van der Waals surface area (Å²) in [6, 6.07) is 9.68. The van der Waals surface area contributed by atoms with Crippen molar-refractivity contribution < 1.29 is 4.79 Å². The molecule has 2 aromatic rings. The van der Waals surface area contributed by atoms with Gasteiger partial charge in [-0.05, 0) is 46.1 Å². The summed E-state index contributed by atoms with van der Waals surface area (Å²) in [6.45, 7) is 11.9. The molecule has 32 heavy (non-hydrogen) atoms. The molecule has 9 heteroatoms. The maximum absolute atomic E-state index is 13.0. The summed E-state index contributed by atoms with van der Waals surface area (Å²) in [5.74, 6) is 0.264. The quantitative estimate of drug-likeness (QED) is 0.610. The summed E-state index contributed by atoms with van der Waals surface area (Å²) in [5, 5.41) is 10.9. The van der Waals surface area contributed by atoms with Gasteiger partial charge < -0.3 is 4.90 Å². The van der Waals surface area contributed by atoms with E-state index in [1.807, 2.05) is 30.3 Å². The maximum atomic E-state index is 13.0. The minimum absolute atomic E-state index is 0.0459. The number of piperazine rings is 1. The van der Waals surface area contributed by atoms with Gasteiger partial charge in [0.25, 0.3) is 5.91 Å². The standard InChI is InChI=1S/C23H30BrN7O/c1-23(2,3)16-31(21-19(24)14-26-20(13-25)27-21)28-22(32)18-7-5-17(6-8-18)15-30-11-9-29(4)10-12-30/h5-8,14H,9-12,15-16H2,1-4H3,(H,28,32). The molecule has 0 spiro atoms. The first kappa shape index (κ1) is 24.1. The second kappa shape index (κ2) is 10.4. The van der Waals surface area contributed by atoms with Crippen molar-refractivity contribution >= 4 is 27.7 Å². The third-order valence-electron chi connectivity index (χ3n) is 5.17. The highest BCUT2D eigenvalue weighted by atomic mass is 79.9. The molecule has 1 amide bonds. The number of hydrogen-bond acceptors (Lipinski definition) is 7. The summed E-state index contributed by atoms with van der Waals surface area (Å²) in [5.41, 5.74) is 4.58. The third kappa shape index (κ3) is 6.73. The Bertz CT molecular complexity index is 973. The number of nitrogens with one attached hydrogen (secondary N) is 1. The minimum Gasteiger partial charge on any atom is -0.304 e. The second-order valence-corrected chi connectivity index (χ2v) is 10.2. The summed E-state index contributed by atoms with van der Waals surface area (Å²) in [4.78, 5) is 26.1. The Morgan fingerprint density at radius 2 is 1.88 bits per heavy atom. The van der Waals surface area contributed by atoms with Gasteiger partial charge in [0.15, 0.2) is 5.82 Å². The van der Waals surface area contributed by atoms with E-state index in [9.17, 15) is 10.1 Å². The molecular weight excluding hydrogens is 470 g/mol. The highest BCUT2D eigenvalue weighted by Gasteiger charge is 2.23. The number of benzene rings is 1. The number of nitriles is 1. The van der Waals surface area contributed by atoms with E-state index in [0.29, 0.717) is 22.4 Å². The molecule has 1 aromatic carbocycles. The fourth-order valence-corrected chi connectivity index (χ4v) is 3.86. The molecule has 1 fully saturated rings. The monoisotopic (exact) mass is 499 g/mol. The molecule has 1 N–H and O–H groups in total. The van der Waals surface area contributed by atoms with Crippen LogP contribution >= 0.6 is 15.9 Å². The van der Waals surface area contributed by atoms with Gasteiger partial charge in [-0.25, -0.2) is 4.98 Å². The van der Waals surface area contributed by atoms with Gasteiger partial charge in [0, 0.05) is 51.0 Å². The lowest BCUT2D eigenvalue weighted by molar-refractivity contribution is 0.0945. The Balaban J connectivity index is 1.72. The smallest absolute Gasteiger partial charge is 0.269 e. The van der Waals surface area contributed by atoms with E-state index in [-0.39, 0.29) is 17.1 Å². The lowest BCUT2D eigenvalue weighted by Crippen LogP contribution is -2.47. The second-order valence-electron chi connectivity index (χ2n) is 9.34. The summed E-state index contributed by atoms with van der Waals surface area (Å²) in [7, 11) is 2.15. The number of amides is 1. The van der Waals surface area contributed by atoms with E-state index in [0.717, 1.165) is 32.7 Å². The van der Waals surface area contributed by atoms with Crippen molar-refractivity contribution in [1.82, 2.24) is 25.2 Å². The van der Waals surface area contributed by atoms with Crippen LogP contribution in [0.5, 0.6) is 0 Å². The van der Waals surface area contributed by atoms with Gasteiger partial charge in [-0.2, -0.15) is 10.2 Å². The molecule has 0 aliphatic carbocycles. The van der Waals surface area contributed by atoms with Crippen molar-refractivity contribution in [1.29, 1.82) is 5.26 Å². The number of hydrazine groups is 1. The zero-order chi connectivity index (χ0) is 23.3. The Morgan fingerprint density at radius 1 is 1.22 bits per heavy atom. The zero-order valence-electron chi connectivity index (χ0n) is 19.1. The minimum atomic E-state index is -0.232. The van der Waals surface area contributed by atoms with Gasteiger partial charge in [0.1, 0.15) is 6.07 Å². The molecule has 1 saturated heterocycles. The van der Waals surface area contributed by atoms with E-state index in [4.69, 9.17) is 0 Å². The zero-order valence-corrected chi connectivity index (χ0v) is 20.7. The van der Waals surface area contributed by atoms with Gasteiger partial charge in [-0.1, -0.05) is 32.9 Å². The highest BCUT2D eigenvalue weighted by molar-refractivity contribution is 9.10. The molecule has 0 unspecified atom stereocenters.